The number of hydrogen-bond donors (Lipinski definition) is 0. The summed E-state index contributed by atoms with van der Waals surface area (Å²) in [6, 6.07) is 0. The van der Waals surface area contributed by atoms with Crippen molar-refractivity contribution in [1.82, 2.24) is 9.97 Å². The quantitative estimate of drug-likeness (QED) is 0.668. The molecule has 1 aliphatic rings. The van der Waals surface area contributed by atoms with Crippen LogP contribution in [0.15, 0.2) is 30.4 Å². The molecule has 1 aliphatic carbocycles. The fourth-order valence-electron chi connectivity index (χ4n) is 1.65. The van der Waals surface area contributed by atoms with Crippen molar-refractivity contribution >= 4 is 5.78 Å². The molecule has 2 rings (SSSR count). The lowest BCUT2D eigenvalue weighted by Crippen LogP contribution is -2.07. The lowest BCUT2D eigenvalue weighted by atomic mass is 9.94. The van der Waals surface area contributed by atoms with Crippen LogP contribution in [-0.4, -0.2) is 15.8 Å². The third kappa shape index (κ3) is 1.87. The molecule has 0 unspecified atom stereocenters. The van der Waals surface area contributed by atoms with Crippen molar-refractivity contribution in [2.45, 2.75) is 25.7 Å². The lowest BCUT2D eigenvalue weighted by Gasteiger charge is -2.10. The molecule has 3 nitrogen and oxygen atoms in total. The largest absolute Gasteiger partial charge is 0.289 e. The highest BCUT2D eigenvalue weighted by Crippen LogP contribution is 2.20. The van der Waals surface area contributed by atoms with Gasteiger partial charge in [-0.05, 0) is 31.3 Å². The number of hydrogen-bond acceptors (Lipinski definition) is 3. The van der Waals surface area contributed by atoms with Gasteiger partial charge in [0.05, 0.1) is 5.56 Å². The summed E-state index contributed by atoms with van der Waals surface area (Å²) in [7, 11) is 0. The first-order valence-electron chi connectivity index (χ1n) is 4.86. The molecule has 0 fully saturated rings. The zero-order chi connectivity index (χ0) is 9.80. The summed E-state index contributed by atoms with van der Waals surface area (Å²) >= 11 is 0. The molecule has 0 atom stereocenters. The van der Waals surface area contributed by atoms with Gasteiger partial charge in [0.1, 0.15) is 6.33 Å². The molecule has 0 radical (unpaired) electrons. The van der Waals surface area contributed by atoms with E-state index in [1.54, 1.807) is 12.4 Å². The van der Waals surface area contributed by atoms with Crippen molar-refractivity contribution in [2.75, 3.05) is 0 Å². The van der Waals surface area contributed by atoms with Gasteiger partial charge in [-0.1, -0.05) is 6.08 Å². The number of nitrogens with zero attached hydrogens (tertiary/aromatic N) is 2. The van der Waals surface area contributed by atoms with Crippen molar-refractivity contribution in [1.29, 1.82) is 0 Å². The van der Waals surface area contributed by atoms with Crippen LogP contribution in [-0.2, 0) is 0 Å². The van der Waals surface area contributed by atoms with Gasteiger partial charge in [-0.25, -0.2) is 9.97 Å². The maximum absolute atomic E-state index is 11.9. The molecule has 14 heavy (non-hydrogen) atoms. The Morgan fingerprint density at radius 3 is 2.64 bits per heavy atom. The molecule has 0 aliphatic heterocycles. The van der Waals surface area contributed by atoms with Crippen molar-refractivity contribution in [3.8, 4) is 0 Å². The predicted molar refractivity (Wildman–Crippen MR) is 52.9 cm³/mol. The first-order chi connectivity index (χ1) is 6.88. The molecule has 0 bridgehead atoms. The Labute approximate surface area is 82.9 Å². The zero-order valence-electron chi connectivity index (χ0n) is 7.94. The third-order valence-electron chi connectivity index (χ3n) is 2.41. The monoisotopic (exact) mass is 188 g/mol. The Morgan fingerprint density at radius 1 is 1.21 bits per heavy atom. The summed E-state index contributed by atoms with van der Waals surface area (Å²) in [4.78, 5) is 19.5. The highest BCUT2D eigenvalue weighted by Gasteiger charge is 2.14. The SMILES string of the molecule is O=C(C1=CCCCC1)c1cncnc1. The summed E-state index contributed by atoms with van der Waals surface area (Å²) in [6.07, 6.45) is 10.9. The second-order valence-electron chi connectivity index (χ2n) is 3.43. The molecule has 0 saturated carbocycles. The van der Waals surface area contributed by atoms with Gasteiger partial charge in [0.25, 0.3) is 0 Å². The average Bonchev–Trinajstić information content (AvgIpc) is 2.30. The van der Waals surface area contributed by atoms with E-state index in [-0.39, 0.29) is 5.78 Å². The maximum atomic E-state index is 11.9. The van der Waals surface area contributed by atoms with Crippen LogP contribution >= 0.6 is 0 Å². The van der Waals surface area contributed by atoms with Gasteiger partial charge in [-0.15, -0.1) is 0 Å². The van der Waals surface area contributed by atoms with Crippen molar-refractivity contribution < 1.29 is 4.79 Å². The summed E-state index contributed by atoms with van der Waals surface area (Å²) in [5.74, 6) is 0.0882. The molecule has 1 heterocycles. The molecule has 0 aromatic carbocycles. The van der Waals surface area contributed by atoms with Gasteiger partial charge < -0.3 is 0 Å². The first kappa shape index (κ1) is 9.06. The molecular weight excluding hydrogens is 176 g/mol. The van der Waals surface area contributed by atoms with E-state index in [4.69, 9.17) is 0 Å². The molecular formula is C11H12N2O. The molecule has 3 heteroatoms. The van der Waals surface area contributed by atoms with Crippen molar-refractivity contribution in [2.24, 2.45) is 0 Å². The predicted octanol–water partition coefficient (Wildman–Crippen LogP) is 2.16. The van der Waals surface area contributed by atoms with Crippen molar-refractivity contribution in [3.05, 3.63) is 35.9 Å². The zero-order valence-corrected chi connectivity index (χ0v) is 7.94. The molecule has 0 saturated heterocycles. The van der Waals surface area contributed by atoms with Crippen LogP contribution in [0.2, 0.25) is 0 Å². The normalized spacial score (nSPS) is 16.1. The summed E-state index contributed by atoms with van der Waals surface area (Å²) < 4.78 is 0. The minimum absolute atomic E-state index is 0.0882. The second kappa shape index (κ2) is 4.13. The number of aromatic nitrogens is 2. The number of allylic oxidation sites excluding steroid dienone is 2. The van der Waals surface area contributed by atoms with Gasteiger partial charge in [-0.3, -0.25) is 4.79 Å². The van der Waals surface area contributed by atoms with Crippen LogP contribution < -0.4 is 0 Å². The van der Waals surface area contributed by atoms with E-state index in [0.29, 0.717) is 5.56 Å². The Morgan fingerprint density at radius 2 is 2.00 bits per heavy atom. The third-order valence-corrected chi connectivity index (χ3v) is 2.41. The second-order valence-corrected chi connectivity index (χ2v) is 3.43. The average molecular weight is 188 g/mol. The van der Waals surface area contributed by atoms with Gasteiger partial charge >= 0.3 is 0 Å². The van der Waals surface area contributed by atoms with E-state index in [9.17, 15) is 4.79 Å². The van der Waals surface area contributed by atoms with E-state index >= 15 is 0 Å². The number of Topliss-reactive ketones (excluding diaryl/α,β-unsaturated/α-hetero) is 1. The summed E-state index contributed by atoms with van der Waals surface area (Å²) in [5, 5.41) is 0. The Bertz CT molecular complexity index is 357. The minimum Gasteiger partial charge on any atom is -0.289 e. The van der Waals surface area contributed by atoms with E-state index in [2.05, 4.69) is 9.97 Å². The summed E-state index contributed by atoms with van der Waals surface area (Å²) in [5.41, 5.74) is 1.52. The fourth-order valence-corrected chi connectivity index (χ4v) is 1.65. The molecule has 1 aromatic rings. The Hall–Kier alpha value is -1.51. The highest BCUT2D eigenvalue weighted by atomic mass is 16.1. The van der Waals surface area contributed by atoms with Crippen LogP contribution in [0.5, 0.6) is 0 Å². The van der Waals surface area contributed by atoms with E-state index in [1.165, 1.54) is 12.7 Å². The minimum atomic E-state index is 0.0882. The van der Waals surface area contributed by atoms with Gasteiger partial charge in [0.15, 0.2) is 5.78 Å². The van der Waals surface area contributed by atoms with Crippen LogP contribution in [0.25, 0.3) is 0 Å². The number of ketones is 1. The molecule has 0 amide bonds. The Balaban J connectivity index is 2.20. The lowest BCUT2D eigenvalue weighted by molar-refractivity contribution is 0.102. The van der Waals surface area contributed by atoms with Crippen LogP contribution in [0.3, 0.4) is 0 Å². The highest BCUT2D eigenvalue weighted by molar-refractivity contribution is 6.08. The standard InChI is InChI=1S/C11H12N2O/c14-11(9-4-2-1-3-5-9)10-6-12-8-13-7-10/h4,6-8H,1-3,5H2. The summed E-state index contributed by atoms with van der Waals surface area (Å²) in [6.45, 7) is 0. The number of rotatable bonds is 2. The molecule has 72 valence electrons. The number of carbonyl (C=O) groups excluding carboxylic acids is 1. The van der Waals surface area contributed by atoms with Crippen molar-refractivity contribution in [3.63, 3.8) is 0 Å². The van der Waals surface area contributed by atoms with E-state index in [0.717, 1.165) is 24.8 Å². The van der Waals surface area contributed by atoms with E-state index in [1.807, 2.05) is 6.08 Å². The van der Waals surface area contributed by atoms with Gasteiger partial charge in [0.2, 0.25) is 0 Å². The molecule has 1 aromatic heterocycles. The van der Waals surface area contributed by atoms with Crippen LogP contribution in [0.4, 0.5) is 0 Å². The van der Waals surface area contributed by atoms with E-state index < -0.39 is 0 Å². The smallest absolute Gasteiger partial charge is 0.191 e. The first-order valence-corrected chi connectivity index (χ1v) is 4.86. The van der Waals surface area contributed by atoms with Crippen LogP contribution in [0.1, 0.15) is 36.0 Å². The molecule has 0 spiro atoms. The molecule has 0 N–H and O–H groups in total. The fraction of sp³-hybridized carbons (Fsp3) is 0.364. The number of carbonyl (C=O) groups is 1. The Kier molecular flexibility index (Phi) is 2.68. The van der Waals surface area contributed by atoms with Crippen LogP contribution in [0, 0.1) is 0 Å². The topological polar surface area (TPSA) is 42.9 Å². The van der Waals surface area contributed by atoms with Gasteiger partial charge in [0, 0.05) is 12.4 Å². The van der Waals surface area contributed by atoms with Gasteiger partial charge in [-0.2, -0.15) is 0 Å². The maximum Gasteiger partial charge on any atom is 0.191 e.